The Balaban J connectivity index is 3.93. The molecule has 0 amide bonds. The summed E-state index contributed by atoms with van der Waals surface area (Å²) >= 11 is 0. The third-order valence-electron chi connectivity index (χ3n) is 6.39. The minimum Gasteiger partial charge on any atom is -0.415 e. The molecule has 0 heterocycles. The molecule has 0 aliphatic heterocycles. The number of nitrogens with zero attached hydrogens (tertiary/aromatic N) is 2. The maximum Gasteiger partial charge on any atom is 0.242 e. The molecule has 0 aliphatic rings. The van der Waals surface area contributed by atoms with Crippen LogP contribution in [0.2, 0.25) is 12.1 Å². The first kappa shape index (κ1) is 36.0. The molecule has 0 aromatic rings. The van der Waals surface area contributed by atoms with Gasteiger partial charge in [0.2, 0.25) is 16.6 Å². The van der Waals surface area contributed by atoms with Gasteiger partial charge in [-0.25, -0.2) is 0 Å². The van der Waals surface area contributed by atoms with Crippen LogP contribution in [-0.2, 0) is 18.3 Å². The molecule has 0 fully saturated rings. The van der Waals surface area contributed by atoms with Crippen molar-refractivity contribution in [2.45, 2.75) is 37.1 Å². The number of hydrogen-bond donors (Lipinski definition) is 6. The van der Waals surface area contributed by atoms with Gasteiger partial charge in [-0.15, -0.1) is 0 Å². The van der Waals surface area contributed by atoms with Crippen LogP contribution in [0.15, 0.2) is 0 Å². The Hall–Kier alpha value is -0.0462. The van der Waals surface area contributed by atoms with Crippen molar-refractivity contribution >= 4 is 16.6 Å². The normalized spacial score (nSPS) is 14.7. The molecule has 0 radical (unpaired) electrons. The van der Waals surface area contributed by atoms with Crippen LogP contribution in [0.25, 0.3) is 0 Å². The summed E-state index contributed by atoms with van der Waals surface area (Å²) in [7, 11) is 1.93. The largest absolute Gasteiger partial charge is 0.415 e. The number of aliphatic hydroxyl groups excluding tert-OH is 6. The lowest BCUT2D eigenvalue weighted by Gasteiger charge is -2.26. The van der Waals surface area contributed by atoms with E-state index in [2.05, 4.69) is 0 Å². The van der Waals surface area contributed by atoms with Crippen molar-refractivity contribution in [1.82, 2.24) is 9.80 Å². The third-order valence-corrected chi connectivity index (χ3v) is 13.0. The number of rotatable bonds is 25. The second kappa shape index (κ2) is 20.9. The Labute approximate surface area is 218 Å². The van der Waals surface area contributed by atoms with Gasteiger partial charge in [-0.1, -0.05) is 0 Å². The molecule has 2 atom stereocenters. The van der Waals surface area contributed by atoms with E-state index in [1.165, 1.54) is 14.2 Å². The van der Waals surface area contributed by atoms with E-state index in [0.717, 1.165) is 0 Å². The lowest BCUT2D eigenvalue weighted by atomic mass is 10.3. The van der Waals surface area contributed by atoms with Crippen molar-refractivity contribution in [3.63, 3.8) is 0 Å². The highest BCUT2D eigenvalue weighted by atomic mass is 28.4. The van der Waals surface area contributed by atoms with Gasteiger partial charge < -0.3 is 58.8 Å². The van der Waals surface area contributed by atoms with E-state index >= 15 is 0 Å². The summed E-state index contributed by atoms with van der Waals surface area (Å²) in [6.45, 7) is 3.61. The lowest BCUT2D eigenvalue weighted by Crippen LogP contribution is -2.46. The highest BCUT2D eigenvalue weighted by molar-refractivity contribution is 6.73. The molecule has 0 aromatic heterocycles. The Morgan fingerprint density at radius 1 is 0.639 bits per heavy atom. The first-order valence-corrected chi connectivity index (χ1v) is 17.6. The summed E-state index contributed by atoms with van der Waals surface area (Å²) in [6.07, 6.45) is -0.451. The molecule has 0 saturated heterocycles. The monoisotopic (exact) mass is 560 g/mol. The van der Waals surface area contributed by atoms with Crippen molar-refractivity contribution in [3.05, 3.63) is 0 Å². The van der Waals surface area contributed by atoms with Gasteiger partial charge >= 0.3 is 0 Å². The maximum absolute atomic E-state index is 10.2. The lowest BCUT2D eigenvalue weighted by molar-refractivity contribution is 0.0129. The zero-order chi connectivity index (χ0) is 27.5. The zero-order valence-corrected chi connectivity index (χ0v) is 24.7. The van der Waals surface area contributed by atoms with Gasteiger partial charge in [-0.3, -0.25) is 0 Å². The van der Waals surface area contributed by atoms with Crippen molar-refractivity contribution < 1.29 is 49.0 Å². The third kappa shape index (κ3) is 15.4. The van der Waals surface area contributed by atoms with E-state index in [1.54, 1.807) is 0 Å². The molecule has 218 valence electrons. The van der Waals surface area contributed by atoms with E-state index in [1.807, 2.05) is 23.9 Å². The second-order valence-electron chi connectivity index (χ2n) is 9.60. The van der Waals surface area contributed by atoms with Crippen molar-refractivity contribution in [2.75, 3.05) is 106 Å². The second-order valence-corrected chi connectivity index (χ2v) is 17.4. The predicted octanol–water partition coefficient (Wildman–Crippen LogP) is -2.30. The highest BCUT2D eigenvalue weighted by Gasteiger charge is 2.32. The van der Waals surface area contributed by atoms with E-state index in [-0.39, 0.29) is 38.1 Å². The smallest absolute Gasteiger partial charge is 0.242 e. The standard InChI is InChI=1S/C22H52N2O10Si2/c1-23(13-21(29)15-33-9-5-11-35(17-25,18-26)31-3)7-8-24(2)14-22(30)16-34-10-6-12-36(19-27,20-28)32-4/h21-22,25-30H,5-20H2,1-4H3. The first-order valence-electron chi connectivity index (χ1n) is 12.6. The zero-order valence-electron chi connectivity index (χ0n) is 22.7. The molecule has 36 heavy (non-hydrogen) atoms. The fourth-order valence-corrected chi connectivity index (χ4v) is 6.99. The predicted molar refractivity (Wildman–Crippen MR) is 141 cm³/mol. The number of aliphatic hydroxyl groups is 6. The Bertz CT molecular complexity index is 459. The van der Waals surface area contributed by atoms with Crippen LogP contribution in [0.1, 0.15) is 12.8 Å². The topological polar surface area (TPSA) is 165 Å². The quantitative estimate of drug-likeness (QED) is 0.0523. The minimum atomic E-state index is -2.47. The van der Waals surface area contributed by atoms with E-state index in [0.29, 0.717) is 64.3 Å². The summed E-state index contributed by atoms with van der Waals surface area (Å²) < 4.78 is 21.7. The van der Waals surface area contributed by atoms with Crippen LogP contribution in [0.4, 0.5) is 0 Å². The number of likely N-dealkylation sites (N-methyl/N-ethyl adjacent to an activating group) is 2. The van der Waals surface area contributed by atoms with Gasteiger partial charge in [0.1, 0.15) is 0 Å². The van der Waals surface area contributed by atoms with Gasteiger partial charge in [0.05, 0.1) is 50.3 Å². The maximum atomic E-state index is 10.2. The molecule has 2 unspecified atom stereocenters. The molecule has 0 aliphatic carbocycles. The fraction of sp³-hybridized carbons (Fsp3) is 1.00. The Morgan fingerprint density at radius 3 is 1.25 bits per heavy atom. The molecule has 12 nitrogen and oxygen atoms in total. The van der Waals surface area contributed by atoms with Crippen molar-refractivity contribution in [1.29, 1.82) is 0 Å². The fourth-order valence-electron chi connectivity index (χ4n) is 3.66. The van der Waals surface area contributed by atoms with Gasteiger partial charge in [0, 0.05) is 53.6 Å². The molecule has 0 rings (SSSR count). The molecule has 0 aromatic carbocycles. The van der Waals surface area contributed by atoms with Crippen LogP contribution < -0.4 is 0 Å². The van der Waals surface area contributed by atoms with Crippen LogP contribution in [0, 0.1) is 0 Å². The Kier molecular flexibility index (Phi) is 20.8. The highest BCUT2D eigenvalue weighted by Crippen LogP contribution is 2.13. The molecule has 14 heteroatoms. The molecular weight excluding hydrogens is 508 g/mol. The molecular formula is C22H52N2O10Si2. The molecule has 6 N–H and O–H groups in total. The summed E-state index contributed by atoms with van der Waals surface area (Å²) in [5.74, 6) is 0. The van der Waals surface area contributed by atoms with E-state index < -0.39 is 28.8 Å². The SMILES string of the molecule is CO[Si](CO)(CO)CCCOCC(O)CN(C)CCN(C)CC(O)COCCC[Si](CO)(CO)OC. The number of hydrogen-bond acceptors (Lipinski definition) is 12. The average molecular weight is 561 g/mol. The van der Waals surface area contributed by atoms with Crippen molar-refractivity contribution in [2.24, 2.45) is 0 Å². The molecule has 0 bridgehead atoms. The van der Waals surface area contributed by atoms with Crippen LogP contribution >= 0.6 is 0 Å². The molecule has 0 saturated carbocycles. The number of ether oxygens (including phenoxy) is 2. The summed E-state index contributed by atoms with van der Waals surface area (Å²) in [5.41, 5.74) is 0. The van der Waals surface area contributed by atoms with Crippen molar-refractivity contribution in [3.8, 4) is 0 Å². The summed E-state index contributed by atoms with van der Waals surface area (Å²) in [4.78, 5) is 4.00. The minimum absolute atomic E-state index is 0.126. The first-order chi connectivity index (χ1) is 17.1. The molecule has 0 spiro atoms. The summed E-state index contributed by atoms with van der Waals surface area (Å²) in [5, 5.41) is 58.1. The average Bonchev–Trinajstić information content (AvgIpc) is 2.88. The van der Waals surface area contributed by atoms with Gasteiger partial charge in [-0.2, -0.15) is 0 Å². The van der Waals surface area contributed by atoms with E-state index in [4.69, 9.17) is 18.3 Å². The summed E-state index contributed by atoms with van der Waals surface area (Å²) in [6, 6.07) is 1.19. The Morgan fingerprint density at radius 2 is 0.972 bits per heavy atom. The van der Waals surface area contributed by atoms with Gasteiger partial charge in [-0.05, 0) is 39.0 Å². The van der Waals surface area contributed by atoms with Crippen LogP contribution in [-0.4, -0.2) is 175 Å². The van der Waals surface area contributed by atoms with Gasteiger partial charge in [0.25, 0.3) is 0 Å². The van der Waals surface area contributed by atoms with Crippen LogP contribution in [0.5, 0.6) is 0 Å². The van der Waals surface area contributed by atoms with E-state index in [9.17, 15) is 30.6 Å². The van der Waals surface area contributed by atoms with Crippen LogP contribution in [0.3, 0.4) is 0 Å². The van der Waals surface area contributed by atoms with Gasteiger partial charge in [0.15, 0.2) is 0 Å².